The minimum atomic E-state index is 0.533. The van der Waals surface area contributed by atoms with Gasteiger partial charge >= 0.3 is 0 Å². The van der Waals surface area contributed by atoms with Crippen LogP contribution in [0.3, 0.4) is 0 Å². The van der Waals surface area contributed by atoms with Crippen LogP contribution in [0.5, 0.6) is 0 Å². The molecule has 0 fully saturated rings. The van der Waals surface area contributed by atoms with Crippen molar-refractivity contribution in [1.29, 1.82) is 0 Å². The molecule has 3 nitrogen and oxygen atoms in total. The van der Waals surface area contributed by atoms with Crippen molar-refractivity contribution in [2.24, 2.45) is 5.73 Å². The van der Waals surface area contributed by atoms with Gasteiger partial charge in [0, 0.05) is 25.0 Å². The highest BCUT2D eigenvalue weighted by Crippen LogP contribution is 2.21. The maximum atomic E-state index is 5.70. The summed E-state index contributed by atoms with van der Waals surface area (Å²) in [5.74, 6) is 0. The molecule has 17 heavy (non-hydrogen) atoms. The van der Waals surface area contributed by atoms with Crippen LogP contribution in [-0.2, 0) is 24.3 Å². The first-order chi connectivity index (χ1) is 8.33. The fourth-order valence-corrected chi connectivity index (χ4v) is 2.68. The Morgan fingerprint density at radius 2 is 2.06 bits per heavy atom. The fraction of sp³-hybridized carbons (Fsp3) is 0.308. The van der Waals surface area contributed by atoms with Crippen molar-refractivity contribution in [3.05, 3.63) is 51.5 Å². The average Bonchev–Trinajstić information content (AvgIpc) is 2.73. The number of rotatable bonds is 5. The summed E-state index contributed by atoms with van der Waals surface area (Å²) in [5, 5.41) is 1.10. The van der Waals surface area contributed by atoms with Crippen LogP contribution in [0, 0.1) is 0 Å². The Hall–Kier alpha value is -1.23. The molecule has 2 N–H and O–H groups in total. The SMILES string of the molecule is COCc1nc(Cc2ccccc2)sc1CN. The van der Waals surface area contributed by atoms with E-state index in [1.54, 1.807) is 18.4 Å². The molecule has 0 aliphatic carbocycles. The van der Waals surface area contributed by atoms with E-state index >= 15 is 0 Å². The van der Waals surface area contributed by atoms with E-state index in [0.717, 1.165) is 22.0 Å². The van der Waals surface area contributed by atoms with Crippen LogP contribution in [0.25, 0.3) is 0 Å². The molecular formula is C13H16N2OS. The van der Waals surface area contributed by atoms with Gasteiger partial charge in [-0.1, -0.05) is 30.3 Å². The standard InChI is InChI=1S/C13H16N2OS/c1-16-9-11-12(8-14)17-13(15-11)7-10-5-3-2-4-6-10/h2-6H,7-9,14H2,1H3. The van der Waals surface area contributed by atoms with E-state index in [-0.39, 0.29) is 0 Å². The molecule has 1 heterocycles. The molecule has 4 heteroatoms. The molecule has 0 aliphatic heterocycles. The Bertz CT molecular complexity index is 468. The monoisotopic (exact) mass is 248 g/mol. The quantitative estimate of drug-likeness (QED) is 0.883. The second kappa shape index (κ2) is 5.91. The molecule has 1 aromatic carbocycles. The molecule has 0 amide bonds. The van der Waals surface area contributed by atoms with Crippen LogP contribution < -0.4 is 5.73 Å². The van der Waals surface area contributed by atoms with Crippen molar-refractivity contribution in [1.82, 2.24) is 4.98 Å². The lowest BCUT2D eigenvalue weighted by Gasteiger charge is -1.96. The van der Waals surface area contributed by atoms with Gasteiger partial charge in [0.1, 0.15) is 0 Å². The lowest BCUT2D eigenvalue weighted by atomic mass is 10.2. The second-order valence-corrected chi connectivity index (χ2v) is 4.95. The molecule has 0 unspecified atom stereocenters. The van der Waals surface area contributed by atoms with Gasteiger partial charge in [0.15, 0.2) is 0 Å². The van der Waals surface area contributed by atoms with Gasteiger partial charge in [-0.25, -0.2) is 4.98 Å². The Kier molecular flexibility index (Phi) is 4.25. The first kappa shape index (κ1) is 12.2. The summed E-state index contributed by atoms with van der Waals surface area (Å²) in [5.41, 5.74) is 7.95. The third-order valence-electron chi connectivity index (χ3n) is 2.49. The molecule has 0 aliphatic rings. The highest BCUT2D eigenvalue weighted by atomic mass is 32.1. The Morgan fingerprint density at radius 3 is 2.71 bits per heavy atom. The zero-order valence-electron chi connectivity index (χ0n) is 9.85. The number of hydrogen-bond donors (Lipinski definition) is 1. The number of aromatic nitrogens is 1. The summed E-state index contributed by atoms with van der Waals surface area (Å²) in [6, 6.07) is 10.3. The van der Waals surface area contributed by atoms with Crippen LogP contribution in [0.15, 0.2) is 30.3 Å². The van der Waals surface area contributed by atoms with Crippen molar-refractivity contribution in [2.75, 3.05) is 7.11 Å². The number of nitrogens with two attached hydrogens (primary N) is 1. The Morgan fingerprint density at radius 1 is 1.29 bits per heavy atom. The van der Waals surface area contributed by atoms with E-state index in [1.165, 1.54) is 5.56 Å². The van der Waals surface area contributed by atoms with E-state index in [0.29, 0.717) is 13.2 Å². The number of thiazole rings is 1. The van der Waals surface area contributed by atoms with Crippen molar-refractivity contribution in [2.45, 2.75) is 19.6 Å². The summed E-state index contributed by atoms with van der Waals surface area (Å²) < 4.78 is 5.12. The summed E-state index contributed by atoms with van der Waals surface area (Å²) >= 11 is 1.68. The first-order valence-electron chi connectivity index (χ1n) is 5.54. The number of hydrogen-bond acceptors (Lipinski definition) is 4. The molecule has 0 radical (unpaired) electrons. The van der Waals surface area contributed by atoms with E-state index in [9.17, 15) is 0 Å². The zero-order valence-corrected chi connectivity index (χ0v) is 10.7. The molecule has 2 aromatic rings. The third-order valence-corrected chi connectivity index (χ3v) is 3.61. The highest BCUT2D eigenvalue weighted by molar-refractivity contribution is 7.11. The minimum Gasteiger partial charge on any atom is -0.378 e. The van der Waals surface area contributed by atoms with E-state index in [2.05, 4.69) is 17.1 Å². The Balaban J connectivity index is 2.16. The molecule has 0 atom stereocenters. The lowest BCUT2D eigenvalue weighted by molar-refractivity contribution is 0.181. The molecule has 1 aromatic heterocycles. The van der Waals surface area contributed by atoms with Gasteiger partial charge in [-0.3, -0.25) is 0 Å². The number of ether oxygens (including phenoxy) is 1. The van der Waals surface area contributed by atoms with Gasteiger partial charge in [0.05, 0.1) is 17.3 Å². The van der Waals surface area contributed by atoms with Crippen LogP contribution in [0.1, 0.15) is 21.1 Å². The zero-order chi connectivity index (χ0) is 12.1. The third kappa shape index (κ3) is 3.12. The van der Waals surface area contributed by atoms with Crippen molar-refractivity contribution >= 4 is 11.3 Å². The summed E-state index contributed by atoms with van der Waals surface area (Å²) in [4.78, 5) is 5.70. The molecule has 90 valence electrons. The van der Waals surface area contributed by atoms with Gasteiger partial charge in [0.2, 0.25) is 0 Å². The molecule has 0 bridgehead atoms. The van der Waals surface area contributed by atoms with Crippen LogP contribution in [0.2, 0.25) is 0 Å². The molecule has 2 rings (SSSR count). The average molecular weight is 248 g/mol. The maximum Gasteiger partial charge on any atom is 0.0976 e. The van der Waals surface area contributed by atoms with Crippen LogP contribution >= 0.6 is 11.3 Å². The summed E-state index contributed by atoms with van der Waals surface area (Å²) in [6.07, 6.45) is 0.863. The van der Waals surface area contributed by atoms with Gasteiger partial charge in [-0.05, 0) is 5.56 Å². The van der Waals surface area contributed by atoms with Crippen molar-refractivity contribution < 1.29 is 4.74 Å². The van der Waals surface area contributed by atoms with Crippen LogP contribution in [-0.4, -0.2) is 12.1 Å². The van der Waals surface area contributed by atoms with Gasteiger partial charge in [0.25, 0.3) is 0 Å². The second-order valence-electron chi connectivity index (χ2n) is 3.78. The fourth-order valence-electron chi connectivity index (χ4n) is 1.69. The van der Waals surface area contributed by atoms with Crippen molar-refractivity contribution in [3.8, 4) is 0 Å². The maximum absolute atomic E-state index is 5.70. The predicted octanol–water partition coefficient (Wildman–Crippen LogP) is 2.34. The van der Waals surface area contributed by atoms with E-state index < -0.39 is 0 Å². The normalized spacial score (nSPS) is 10.7. The minimum absolute atomic E-state index is 0.533. The van der Waals surface area contributed by atoms with Crippen LogP contribution in [0.4, 0.5) is 0 Å². The number of benzene rings is 1. The van der Waals surface area contributed by atoms with Crippen molar-refractivity contribution in [3.63, 3.8) is 0 Å². The topological polar surface area (TPSA) is 48.1 Å². The van der Waals surface area contributed by atoms with Gasteiger partial charge in [-0.15, -0.1) is 11.3 Å². The molecule has 0 saturated heterocycles. The van der Waals surface area contributed by atoms with E-state index in [4.69, 9.17) is 10.5 Å². The summed E-state index contributed by atoms with van der Waals surface area (Å²) in [6.45, 7) is 1.07. The predicted molar refractivity (Wildman–Crippen MR) is 70.0 cm³/mol. The Labute approximate surface area is 105 Å². The van der Waals surface area contributed by atoms with E-state index in [1.807, 2.05) is 18.2 Å². The largest absolute Gasteiger partial charge is 0.378 e. The first-order valence-corrected chi connectivity index (χ1v) is 6.35. The number of methoxy groups -OCH3 is 1. The van der Waals surface area contributed by atoms with Gasteiger partial charge < -0.3 is 10.5 Å². The molecule has 0 spiro atoms. The lowest BCUT2D eigenvalue weighted by Crippen LogP contribution is -1.99. The molecular weight excluding hydrogens is 232 g/mol. The summed E-state index contributed by atoms with van der Waals surface area (Å²) in [7, 11) is 1.68. The van der Waals surface area contributed by atoms with Gasteiger partial charge in [-0.2, -0.15) is 0 Å². The molecule has 0 saturated carbocycles. The number of nitrogens with zero attached hydrogens (tertiary/aromatic N) is 1. The highest BCUT2D eigenvalue weighted by Gasteiger charge is 2.09. The smallest absolute Gasteiger partial charge is 0.0976 e.